The highest BCUT2D eigenvalue weighted by Crippen LogP contribution is 2.14. The summed E-state index contributed by atoms with van der Waals surface area (Å²) in [5, 5.41) is 19.6. The Morgan fingerprint density at radius 1 is 1.24 bits per heavy atom. The fourth-order valence-corrected chi connectivity index (χ4v) is 3.43. The maximum atomic E-state index is 12.9. The van der Waals surface area contributed by atoms with Crippen LogP contribution in [0.1, 0.15) is 39.7 Å². The Hall–Kier alpha value is -4.75. The van der Waals surface area contributed by atoms with Gasteiger partial charge in [0.05, 0.1) is 11.9 Å². The molecule has 0 saturated heterocycles. The lowest BCUT2D eigenvalue weighted by Gasteiger charge is -2.11. The molecule has 4 aromatic rings. The van der Waals surface area contributed by atoms with E-state index in [-0.39, 0.29) is 16.8 Å². The molecule has 0 unspecified atom stereocenters. The quantitative estimate of drug-likeness (QED) is 0.385. The minimum absolute atomic E-state index is 0.0549. The average molecular weight is 433 g/mol. The number of amides is 1. The Kier molecular flexibility index (Phi) is 5.97. The molecule has 0 atom stereocenters. The second-order valence-electron chi connectivity index (χ2n) is 7.31. The Morgan fingerprint density at radius 3 is 2.73 bits per heavy atom. The van der Waals surface area contributed by atoms with Crippen molar-refractivity contribution in [3.63, 3.8) is 0 Å². The molecule has 7 heteroatoms. The summed E-state index contributed by atoms with van der Waals surface area (Å²) in [5.74, 6) is -0.630. The number of hydrogen-bond donors (Lipinski definition) is 1. The van der Waals surface area contributed by atoms with Gasteiger partial charge < -0.3 is 0 Å². The first-order chi connectivity index (χ1) is 16.0. The fourth-order valence-electron chi connectivity index (χ4n) is 3.43. The normalized spacial score (nSPS) is 10.7. The number of fused-ring (bicyclic) bond motifs is 1. The van der Waals surface area contributed by atoms with Gasteiger partial charge in [0.15, 0.2) is 5.69 Å². The van der Waals surface area contributed by atoms with Gasteiger partial charge in [0.1, 0.15) is 11.6 Å². The van der Waals surface area contributed by atoms with E-state index < -0.39 is 11.5 Å². The van der Waals surface area contributed by atoms with E-state index in [2.05, 4.69) is 27.8 Å². The second kappa shape index (κ2) is 9.17. The van der Waals surface area contributed by atoms with Crippen LogP contribution in [-0.4, -0.2) is 21.9 Å². The molecule has 1 amide bonds. The van der Waals surface area contributed by atoms with Crippen molar-refractivity contribution in [1.29, 1.82) is 5.26 Å². The molecule has 1 aromatic heterocycles. The highest BCUT2D eigenvalue weighted by Gasteiger charge is 2.20. The highest BCUT2D eigenvalue weighted by molar-refractivity contribution is 6.00. The van der Waals surface area contributed by atoms with Crippen LogP contribution in [0.25, 0.3) is 16.5 Å². The number of rotatable bonds is 5. The summed E-state index contributed by atoms with van der Waals surface area (Å²) in [5.41, 5.74) is 4.18. The van der Waals surface area contributed by atoms with Crippen LogP contribution in [0.4, 0.5) is 0 Å². The number of nitriles is 1. The summed E-state index contributed by atoms with van der Waals surface area (Å²) >= 11 is 0. The number of benzene rings is 2. The van der Waals surface area contributed by atoms with Crippen LogP contribution in [0, 0.1) is 30.4 Å². The largest absolute Gasteiger partial charge is 0.292 e. The first-order valence-corrected chi connectivity index (χ1v) is 10.3. The molecular formula is C26H19N5O2. The molecular weight excluding hydrogens is 414 g/mol. The molecule has 0 saturated carbocycles. The van der Waals surface area contributed by atoms with Crippen molar-refractivity contribution in [3.8, 4) is 11.8 Å². The Bertz CT molecular complexity index is 1470. The molecule has 0 fully saturated rings. The first kappa shape index (κ1) is 21.5. The zero-order chi connectivity index (χ0) is 23.4. The van der Waals surface area contributed by atoms with Gasteiger partial charge in [-0.2, -0.15) is 20.1 Å². The first-order valence-electron chi connectivity index (χ1n) is 10.3. The van der Waals surface area contributed by atoms with Gasteiger partial charge in [-0.1, -0.05) is 49.4 Å². The summed E-state index contributed by atoms with van der Waals surface area (Å²) in [7, 11) is 0. The molecule has 0 spiro atoms. The standard InChI is InChI=1S/C26H19N5O2/c1-3-18-11-13-21(14-12-18)31-26(33)23(15-27)17(2)24(30-31)25(32)29-28-16-20-9-6-8-19-7-4-5-10-22(19)20/h4-5,7,9-14,16H,3H2,1-2H3,(H,29,32)/b28-16+. The van der Waals surface area contributed by atoms with E-state index in [4.69, 9.17) is 0 Å². The summed E-state index contributed by atoms with van der Waals surface area (Å²) in [6.07, 6.45) is 2.35. The van der Waals surface area contributed by atoms with Crippen molar-refractivity contribution < 1.29 is 4.79 Å². The van der Waals surface area contributed by atoms with Crippen LogP contribution in [0.15, 0.2) is 64.5 Å². The second-order valence-corrected chi connectivity index (χ2v) is 7.31. The minimum atomic E-state index is -0.630. The Morgan fingerprint density at radius 2 is 2.00 bits per heavy atom. The SMILES string of the molecule is CCc1ccc(-n2nc(C(=O)N/N=C/c3cc#cc4ccccc34)c(C)c(C#N)c2=O)cc1. The molecule has 160 valence electrons. The maximum Gasteiger partial charge on any atom is 0.292 e. The molecule has 0 aliphatic rings. The maximum absolute atomic E-state index is 12.9. The van der Waals surface area contributed by atoms with E-state index in [9.17, 15) is 14.9 Å². The molecule has 0 bridgehead atoms. The highest BCUT2D eigenvalue weighted by atomic mass is 16.2. The molecule has 1 heterocycles. The Labute approximate surface area is 190 Å². The van der Waals surface area contributed by atoms with E-state index in [0.29, 0.717) is 5.69 Å². The summed E-state index contributed by atoms with van der Waals surface area (Å²) in [6.45, 7) is 3.54. The number of aromatic nitrogens is 2. The van der Waals surface area contributed by atoms with Crippen LogP contribution in [-0.2, 0) is 6.42 Å². The van der Waals surface area contributed by atoms with E-state index >= 15 is 0 Å². The lowest BCUT2D eigenvalue weighted by Crippen LogP contribution is -2.31. The molecule has 33 heavy (non-hydrogen) atoms. The molecule has 3 aromatic carbocycles. The van der Waals surface area contributed by atoms with Gasteiger partial charge in [0.25, 0.3) is 11.5 Å². The number of hydrazone groups is 1. The third-order valence-corrected chi connectivity index (χ3v) is 5.29. The summed E-state index contributed by atoms with van der Waals surface area (Å²) in [4.78, 5) is 25.6. The number of nitrogens with zero attached hydrogens (tertiary/aromatic N) is 4. The van der Waals surface area contributed by atoms with Gasteiger partial charge in [-0.25, -0.2) is 5.43 Å². The number of carbonyl (C=O) groups is 1. The van der Waals surface area contributed by atoms with Crippen molar-refractivity contribution in [2.45, 2.75) is 20.3 Å². The summed E-state index contributed by atoms with van der Waals surface area (Å²) < 4.78 is 1.07. The number of hydrogen-bond acceptors (Lipinski definition) is 5. The Balaban J connectivity index is 1.67. The van der Waals surface area contributed by atoms with Gasteiger partial charge >= 0.3 is 0 Å². The molecule has 4 rings (SSSR count). The van der Waals surface area contributed by atoms with E-state index in [0.717, 1.165) is 33.0 Å². The predicted molar refractivity (Wildman–Crippen MR) is 125 cm³/mol. The number of nitrogens with one attached hydrogen (secondary N) is 1. The smallest absolute Gasteiger partial charge is 0.266 e. The summed E-state index contributed by atoms with van der Waals surface area (Å²) in [6, 6.07) is 24.4. The predicted octanol–water partition coefficient (Wildman–Crippen LogP) is 3.49. The van der Waals surface area contributed by atoms with Gasteiger partial charge in [-0.05, 0) is 48.6 Å². The lowest BCUT2D eigenvalue weighted by molar-refractivity contribution is 0.0947. The zero-order valence-corrected chi connectivity index (χ0v) is 18.1. The number of carbonyl (C=O) groups excluding carboxylic acids is 1. The average Bonchev–Trinajstić information content (AvgIpc) is 2.84. The number of aryl methyl sites for hydroxylation is 1. The van der Waals surface area contributed by atoms with Gasteiger partial charge in [0, 0.05) is 16.5 Å². The third kappa shape index (κ3) is 4.21. The van der Waals surface area contributed by atoms with Crippen molar-refractivity contribution in [2.75, 3.05) is 0 Å². The van der Waals surface area contributed by atoms with Crippen LogP contribution in [0.3, 0.4) is 0 Å². The van der Waals surface area contributed by atoms with E-state index in [1.54, 1.807) is 18.2 Å². The molecule has 7 nitrogen and oxygen atoms in total. The minimum Gasteiger partial charge on any atom is -0.266 e. The topological polar surface area (TPSA) is 100 Å². The van der Waals surface area contributed by atoms with Gasteiger partial charge in [-0.3, -0.25) is 9.59 Å². The van der Waals surface area contributed by atoms with Gasteiger partial charge in [0.2, 0.25) is 0 Å². The van der Waals surface area contributed by atoms with Crippen LogP contribution < -0.4 is 11.0 Å². The van der Waals surface area contributed by atoms with E-state index in [1.807, 2.05) is 49.4 Å². The fraction of sp³-hybridized carbons (Fsp3) is 0.115. The molecule has 0 radical (unpaired) electrons. The molecule has 0 aliphatic heterocycles. The van der Waals surface area contributed by atoms with Crippen LogP contribution >= 0.6 is 0 Å². The van der Waals surface area contributed by atoms with Crippen LogP contribution in [0.5, 0.6) is 0 Å². The molecule has 1 N–H and O–H groups in total. The van der Waals surface area contributed by atoms with E-state index in [1.165, 1.54) is 13.1 Å². The molecule has 0 aliphatic carbocycles. The third-order valence-electron chi connectivity index (χ3n) is 5.29. The van der Waals surface area contributed by atoms with Crippen LogP contribution in [0.2, 0.25) is 0 Å². The van der Waals surface area contributed by atoms with Crippen molar-refractivity contribution in [2.24, 2.45) is 5.10 Å². The zero-order valence-electron chi connectivity index (χ0n) is 18.1. The van der Waals surface area contributed by atoms with Crippen molar-refractivity contribution >= 4 is 22.9 Å². The monoisotopic (exact) mass is 433 g/mol. The lowest BCUT2D eigenvalue weighted by atomic mass is 10.1. The van der Waals surface area contributed by atoms with Crippen molar-refractivity contribution in [1.82, 2.24) is 15.2 Å². The van der Waals surface area contributed by atoms with Gasteiger partial charge in [-0.15, -0.1) is 0 Å². The van der Waals surface area contributed by atoms with Crippen molar-refractivity contribution in [3.05, 3.63) is 105 Å².